The maximum Gasteiger partial charge on any atom is 0.426 e. The van der Waals surface area contributed by atoms with Crippen LogP contribution in [0.1, 0.15) is 66.2 Å². The van der Waals surface area contributed by atoms with Crippen molar-refractivity contribution in [3.8, 4) is 11.8 Å². The first-order chi connectivity index (χ1) is 14.2. The summed E-state index contributed by atoms with van der Waals surface area (Å²) in [5.74, 6) is 6.81. The molecule has 2 amide bonds. The van der Waals surface area contributed by atoms with Gasteiger partial charge in [-0.2, -0.15) is 0 Å². The minimum atomic E-state index is -0.670. The van der Waals surface area contributed by atoms with E-state index in [2.05, 4.69) is 53.2 Å². The van der Waals surface area contributed by atoms with Crippen LogP contribution in [-0.2, 0) is 9.53 Å². The first-order valence-corrected chi connectivity index (χ1v) is 10.8. The van der Waals surface area contributed by atoms with Crippen LogP contribution in [0.2, 0.25) is 0 Å². The molecule has 0 radical (unpaired) electrons. The van der Waals surface area contributed by atoms with Gasteiger partial charge in [-0.1, -0.05) is 43.1 Å². The number of hydrogen-bond donors (Lipinski definition) is 3. The molecule has 0 aromatic carbocycles. The normalized spacial score (nSPS) is 20.4. The predicted octanol–water partition coefficient (Wildman–Crippen LogP) is 3.92. The third kappa shape index (κ3) is 9.32. The Hall–Kier alpha value is -2.52. The summed E-state index contributed by atoms with van der Waals surface area (Å²) in [4.78, 5) is 23.6. The maximum absolute atomic E-state index is 12.0. The lowest BCUT2D eigenvalue weighted by molar-refractivity contribution is -0.121. The molecule has 3 N–H and O–H groups in total. The molecule has 0 aromatic rings. The van der Waals surface area contributed by atoms with E-state index in [1.165, 1.54) is 5.57 Å². The molecule has 2 aliphatic carbocycles. The van der Waals surface area contributed by atoms with Crippen molar-refractivity contribution >= 4 is 12.0 Å². The van der Waals surface area contributed by atoms with Gasteiger partial charge in [-0.05, 0) is 76.5 Å². The molecule has 6 heteroatoms. The molecule has 0 spiro atoms. The Morgan fingerprint density at radius 2 is 2.00 bits per heavy atom. The van der Waals surface area contributed by atoms with E-state index >= 15 is 0 Å². The molecule has 164 valence electrons. The molecule has 0 aliphatic heterocycles. The van der Waals surface area contributed by atoms with Gasteiger partial charge < -0.3 is 10.1 Å². The van der Waals surface area contributed by atoms with E-state index in [1.807, 2.05) is 6.08 Å². The van der Waals surface area contributed by atoms with Gasteiger partial charge >= 0.3 is 6.09 Å². The number of amides is 2. The number of allylic oxidation sites excluding steroid dienone is 4. The molecule has 6 nitrogen and oxygen atoms in total. The number of carbonyl (C=O) groups excluding carboxylic acids is 2. The van der Waals surface area contributed by atoms with Crippen molar-refractivity contribution in [3.63, 3.8) is 0 Å². The fraction of sp³-hybridized carbons (Fsp3) is 0.583. The van der Waals surface area contributed by atoms with Crippen molar-refractivity contribution in [2.45, 2.75) is 77.9 Å². The van der Waals surface area contributed by atoms with Crippen molar-refractivity contribution in [1.29, 1.82) is 0 Å². The summed E-state index contributed by atoms with van der Waals surface area (Å²) in [6, 6.07) is 0.296. The zero-order valence-electron chi connectivity index (χ0n) is 18.6. The highest BCUT2D eigenvalue weighted by Gasteiger charge is 2.17. The van der Waals surface area contributed by atoms with Crippen LogP contribution in [0.3, 0.4) is 0 Å². The molecule has 0 fully saturated rings. The van der Waals surface area contributed by atoms with Gasteiger partial charge in [0.15, 0.2) is 0 Å². The molecule has 0 heterocycles. The maximum atomic E-state index is 12.0. The lowest BCUT2D eigenvalue weighted by atomic mass is 9.89. The Bertz CT molecular complexity index is 763. The third-order valence-corrected chi connectivity index (χ3v) is 4.76. The minimum Gasteiger partial charge on any atom is -0.443 e. The minimum absolute atomic E-state index is 0.224. The Labute approximate surface area is 180 Å². The smallest absolute Gasteiger partial charge is 0.426 e. The van der Waals surface area contributed by atoms with E-state index in [4.69, 9.17) is 4.74 Å². The van der Waals surface area contributed by atoms with E-state index in [0.29, 0.717) is 12.0 Å². The highest BCUT2D eigenvalue weighted by atomic mass is 16.6. The van der Waals surface area contributed by atoms with Gasteiger partial charge in [-0.3, -0.25) is 10.2 Å². The van der Waals surface area contributed by atoms with Crippen molar-refractivity contribution < 1.29 is 14.3 Å². The Morgan fingerprint density at radius 3 is 2.60 bits per heavy atom. The number of carbonyl (C=O) groups is 2. The number of hydrazine groups is 1. The van der Waals surface area contributed by atoms with Crippen molar-refractivity contribution in [3.05, 3.63) is 35.5 Å². The number of nitrogens with one attached hydrogen (secondary N) is 3. The third-order valence-electron chi connectivity index (χ3n) is 4.76. The molecule has 0 saturated heterocycles. The lowest BCUT2D eigenvalue weighted by Crippen LogP contribution is -2.44. The highest BCUT2D eigenvalue weighted by Crippen LogP contribution is 2.24. The topological polar surface area (TPSA) is 79.5 Å². The summed E-state index contributed by atoms with van der Waals surface area (Å²) in [5, 5.41) is 3.44. The second kappa shape index (κ2) is 11.6. The van der Waals surface area contributed by atoms with Gasteiger partial charge in [0.2, 0.25) is 5.91 Å². The standard InChI is InChI=1S/C24H35N3O3/c1-5-16-25-21-14-12-19(13-15-21)7-6-18-8-10-20(11-9-18)17-22(28)26-27-23(29)30-24(2,3)4/h8,10-12,18,21,25H,5-7,9,14,16-17H2,1-4H3,(H,26,28)(H,27,29). The molecule has 2 unspecified atom stereocenters. The molecule has 2 aliphatic rings. The van der Waals surface area contributed by atoms with Gasteiger partial charge in [0, 0.05) is 0 Å². The molecular weight excluding hydrogens is 378 g/mol. The summed E-state index contributed by atoms with van der Waals surface area (Å²) in [7, 11) is 0. The number of hydrogen-bond acceptors (Lipinski definition) is 4. The van der Waals surface area contributed by atoms with Crippen LogP contribution in [0.25, 0.3) is 0 Å². The molecule has 30 heavy (non-hydrogen) atoms. The molecular formula is C24H35N3O3. The van der Waals surface area contributed by atoms with E-state index in [-0.39, 0.29) is 12.3 Å². The van der Waals surface area contributed by atoms with Crippen LogP contribution in [0.15, 0.2) is 35.5 Å². The number of rotatable bonds is 8. The first kappa shape index (κ1) is 23.8. The SMILES string of the molecule is CCCNC1C#CC(CCC2C=CC(CC(=O)NNC(=O)OC(C)(C)C)=CC2)=CC1. The molecule has 2 atom stereocenters. The highest BCUT2D eigenvalue weighted by molar-refractivity contribution is 5.81. The van der Waals surface area contributed by atoms with Crippen LogP contribution in [-0.4, -0.2) is 30.2 Å². The van der Waals surface area contributed by atoms with Crippen molar-refractivity contribution in [2.75, 3.05) is 6.54 Å². The average molecular weight is 414 g/mol. The van der Waals surface area contributed by atoms with Crippen molar-refractivity contribution in [2.24, 2.45) is 5.92 Å². The predicted molar refractivity (Wildman–Crippen MR) is 119 cm³/mol. The van der Waals surface area contributed by atoms with Gasteiger partial charge in [0.1, 0.15) is 5.60 Å². The van der Waals surface area contributed by atoms with E-state index in [9.17, 15) is 9.59 Å². The van der Waals surface area contributed by atoms with Gasteiger partial charge in [0.05, 0.1) is 12.5 Å². The second-order valence-electron chi connectivity index (χ2n) is 8.77. The quantitative estimate of drug-likeness (QED) is 0.416. The van der Waals surface area contributed by atoms with Crippen LogP contribution >= 0.6 is 0 Å². The summed E-state index contributed by atoms with van der Waals surface area (Å²) < 4.78 is 5.08. The van der Waals surface area contributed by atoms with Crippen LogP contribution < -0.4 is 16.2 Å². The fourth-order valence-corrected chi connectivity index (χ4v) is 3.22. The van der Waals surface area contributed by atoms with Crippen LogP contribution in [0.4, 0.5) is 4.79 Å². The second-order valence-corrected chi connectivity index (χ2v) is 8.77. The lowest BCUT2D eigenvalue weighted by Gasteiger charge is -2.20. The Balaban J connectivity index is 1.65. The molecule has 0 aromatic heterocycles. The van der Waals surface area contributed by atoms with E-state index < -0.39 is 11.7 Å². The Morgan fingerprint density at radius 1 is 1.20 bits per heavy atom. The number of ether oxygens (including phenoxy) is 1. The zero-order valence-corrected chi connectivity index (χ0v) is 18.6. The summed E-state index contributed by atoms with van der Waals surface area (Å²) in [5.41, 5.74) is 6.24. The van der Waals surface area contributed by atoms with E-state index in [0.717, 1.165) is 44.2 Å². The van der Waals surface area contributed by atoms with Gasteiger partial charge in [-0.25, -0.2) is 10.2 Å². The van der Waals surface area contributed by atoms with Crippen LogP contribution in [0, 0.1) is 17.8 Å². The summed E-state index contributed by atoms with van der Waals surface area (Å²) in [6.07, 6.45) is 13.2. The monoisotopic (exact) mass is 413 g/mol. The van der Waals surface area contributed by atoms with Crippen molar-refractivity contribution in [1.82, 2.24) is 16.2 Å². The fourth-order valence-electron chi connectivity index (χ4n) is 3.22. The zero-order chi connectivity index (χ0) is 22.0. The molecule has 0 saturated carbocycles. The summed E-state index contributed by atoms with van der Waals surface area (Å²) >= 11 is 0. The van der Waals surface area contributed by atoms with E-state index in [1.54, 1.807) is 20.8 Å². The largest absolute Gasteiger partial charge is 0.443 e. The van der Waals surface area contributed by atoms with Crippen LogP contribution in [0.5, 0.6) is 0 Å². The van der Waals surface area contributed by atoms with Gasteiger partial charge in [0.25, 0.3) is 0 Å². The summed E-state index contributed by atoms with van der Waals surface area (Å²) in [6.45, 7) is 8.47. The van der Waals surface area contributed by atoms with Gasteiger partial charge in [-0.15, -0.1) is 0 Å². The molecule has 2 rings (SSSR count). The Kier molecular flexibility index (Phi) is 9.19. The molecule has 0 bridgehead atoms. The first-order valence-electron chi connectivity index (χ1n) is 10.8. The average Bonchev–Trinajstić information content (AvgIpc) is 2.70.